The highest BCUT2D eigenvalue weighted by Crippen LogP contribution is 2.38. The maximum Gasteiger partial charge on any atom is 0.564 e. The van der Waals surface area contributed by atoms with E-state index in [0.717, 1.165) is 0 Å². The van der Waals surface area contributed by atoms with Crippen LogP contribution in [0.2, 0.25) is 5.28 Å². The first kappa shape index (κ1) is 76.7. The normalized spacial score (nSPS) is 14.8. The van der Waals surface area contributed by atoms with E-state index < -0.39 is 18.3 Å². The Bertz CT molecular complexity index is 7520. The Labute approximate surface area is 665 Å². The molecule has 15 rings (SSSR count). The SMILES string of the molecule is [C-]#[N+]/C(C#N)=C1/N=c2ccc(-c3nc(-c4ccc5c(c4C#N)=N/C(=C(\C#N)[N+]#[C-])N=5)nc(-c4ccc5c(c4[N+]#[C-])=N/C(=C(\C#N)[N+]#[C-])N=5)n3)c([N+]#[C-])c2=N1.[C-]#[N+]C([N+]#[C-])=C1N=c2ccc(-c3nc(Cl)nc(-c4ccc5c(c4C#N)=NC(=C(C#N)C#N)N=5)n3)c(C#N)c2=N1.[C-]#[N+]C([N+]#[C-])=C1N=c2ccc(B3OC(C)(C)C(C)(C)O3)c(C#N)c2=N1. The van der Waals surface area contributed by atoms with Crippen LogP contribution >= 0.6 is 11.6 Å². The highest BCUT2D eigenvalue weighted by molar-refractivity contribution is 6.62. The maximum absolute atomic E-state index is 10.4. The molecular formula is C78H24BClN36O2. The second kappa shape index (κ2) is 30.9. The van der Waals surface area contributed by atoms with E-state index in [2.05, 4.69) is 146 Å². The quantitative estimate of drug-likeness (QED) is 0.122. The average Bonchev–Trinajstić information content (AvgIpc) is 1.48. The minimum atomic E-state index is -0.700. The van der Waals surface area contributed by atoms with Crippen LogP contribution in [0.4, 0.5) is 11.4 Å². The molecule has 0 unspecified atom stereocenters. The van der Waals surface area contributed by atoms with Crippen molar-refractivity contribution in [3.63, 3.8) is 0 Å². The van der Waals surface area contributed by atoms with Crippen LogP contribution in [-0.2, 0) is 9.31 Å². The molecule has 0 saturated carbocycles. The summed E-state index contributed by atoms with van der Waals surface area (Å²) in [6.45, 7) is 74.0. The van der Waals surface area contributed by atoms with E-state index >= 15 is 0 Å². The second-order valence-electron chi connectivity index (χ2n) is 24.6. The zero-order chi connectivity index (χ0) is 84.2. The van der Waals surface area contributed by atoms with Crippen molar-refractivity contribution in [2.24, 2.45) is 59.9 Å². The van der Waals surface area contributed by atoms with Gasteiger partial charge in [0.25, 0.3) is 0 Å². The smallest absolute Gasteiger partial charge is 0.399 e. The van der Waals surface area contributed by atoms with Crippen molar-refractivity contribution in [1.29, 1.82) is 47.4 Å². The molecule has 40 heteroatoms. The number of halogens is 1. The molecular weight excluding hydrogens is 1520 g/mol. The van der Waals surface area contributed by atoms with Crippen molar-refractivity contribution < 1.29 is 9.31 Å². The first-order valence-corrected chi connectivity index (χ1v) is 33.0. The van der Waals surface area contributed by atoms with E-state index in [-0.39, 0.29) is 213 Å². The molecule has 2 aromatic heterocycles. The van der Waals surface area contributed by atoms with Gasteiger partial charge in [-0.2, -0.15) is 60.9 Å². The van der Waals surface area contributed by atoms with Gasteiger partial charge in [0.15, 0.2) is 58.0 Å². The average molecular weight is 1540 g/mol. The minimum absolute atomic E-state index is 0.00425. The highest BCUT2D eigenvalue weighted by Gasteiger charge is 2.52. The Balaban J connectivity index is 0.000000165. The summed E-state index contributed by atoms with van der Waals surface area (Å²) in [5, 5.41) is 88.6. The van der Waals surface area contributed by atoms with Crippen LogP contribution in [0.25, 0.3) is 101 Å². The van der Waals surface area contributed by atoms with Crippen LogP contribution in [0.1, 0.15) is 49.9 Å². The number of fused-ring (bicyclic) bond motifs is 6. The summed E-state index contributed by atoms with van der Waals surface area (Å²) < 4.78 is 12.0. The summed E-state index contributed by atoms with van der Waals surface area (Å²) in [5.41, 5.74) is -0.986. The lowest BCUT2D eigenvalue weighted by Crippen LogP contribution is -2.42. The summed E-state index contributed by atoms with van der Waals surface area (Å²) in [7, 11) is -0.700. The molecule has 538 valence electrons. The molecule has 1 fully saturated rings. The molecule has 0 N–H and O–H groups in total. The zero-order valence-corrected chi connectivity index (χ0v) is 60.6. The molecule has 9 heterocycles. The number of nitriles is 9. The van der Waals surface area contributed by atoms with Crippen LogP contribution in [0.3, 0.4) is 0 Å². The van der Waals surface area contributed by atoms with Crippen LogP contribution < -0.4 is 69.7 Å². The molecule has 0 radical (unpaired) electrons. The molecule has 7 aliphatic rings. The van der Waals surface area contributed by atoms with Gasteiger partial charge in [0.1, 0.15) is 84.1 Å². The first-order chi connectivity index (χ1) is 57.0. The van der Waals surface area contributed by atoms with Crippen LogP contribution in [0.15, 0.2) is 202 Å². The van der Waals surface area contributed by atoms with Gasteiger partial charge in [-0.3, -0.25) is 0 Å². The lowest BCUT2D eigenvalue weighted by atomic mass is 9.76. The summed E-state index contributed by atoms with van der Waals surface area (Å²) in [4.78, 5) is 106. The Hall–Kier alpha value is -19.5. The molecule has 0 bridgehead atoms. The maximum atomic E-state index is 10.4. The molecule has 118 heavy (non-hydrogen) atoms. The highest BCUT2D eigenvalue weighted by atomic mass is 35.5. The molecule has 8 aromatic rings. The lowest BCUT2D eigenvalue weighted by Gasteiger charge is -2.32. The fraction of sp³-hybridized carbons (Fsp3) is 0.0769. The Morgan fingerprint density at radius 1 is 0.331 bits per heavy atom. The van der Waals surface area contributed by atoms with Crippen molar-refractivity contribution in [2.75, 3.05) is 0 Å². The van der Waals surface area contributed by atoms with Crippen LogP contribution in [0.5, 0.6) is 0 Å². The van der Waals surface area contributed by atoms with Gasteiger partial charge >= 0.3 is 35.9 Å². The molecule has 0 amide bonds. The fourth-order valence-electron chi connectivity index (χ4n) is 11.6. The minimum Gasteiger partial charge on any atom is -0.399 e. The number of allylic oxidation sites excluding steroid dienone is 4. The predicted octanol–water partition coefficient (Wildman–Crippen LogP) is 4.85. The number of rotatable bonds is 6. The van der Waals surface area contributed by atoms with Gasteiger partial charge in [0, 0.05) is 33.3 Å². The third kappa shape index (κ3) is 13.3. The van der Waals surface area contributed by atoms with E-state index in [4.69, 9.17) is 90.6 Å². The van der Waals surface area contributed by atoms with E-state index in [1.165, 1.54) is 60.7 Å². The van der Waals surface area contributed by atoms with Crippen molar-refractivity contribution in [2.45, 2.75) is 38.9 Å². The third-order valence-electron chi connectivity index (χ3n) is 17.8. The van der Waals surface area contributed by atoms with Gasteiger partial charge in [0.05, 0.1) is 127 Å². The van der Waals surface area contributed by atoms with E-state index in [9.17, 15) is 36.8 Å². The van der Waals surface area contributed by atoms with E-state index in [1.807, 2.05) is 39.8 Å². The molecule has 1 saturated heterocycles. The van der Waals surface area contributed by atoms with Crippen molar-refractivity contribution >= 4 is 35.6 Å². The number of aromatic nitrogens is 6. The number of benzene rings is 6. The van der Waals surface area contributed by atoms with Crippen molar-refractivity contribution in [3.05, 3.63) is 337 Å². The topological polar surface area (TPSA) is 497 Å². The summed E-state index contributed by atoms with van der Waals surface area (Å²) >= 11 is 6.21. The summed E-state index contributed by atoms with van der Waals surface area (Å²) in [6, 6.07) is 35.4. The van der Waals surface area contributed by atoms with E-state index in [0.29, 0.717) is 21.5 Å². The molecule has 0 aliphatic carbocycles. The zero-order valence-electron chi connectivity index (χ0n) is 59.8. The van der Waals surface area contributed by atoms with Gasteiger partial charge in [0.2, 0.25) is 28.3 Å². The molecule has 0 spiro atoms. The van der Waals surface area contributed by atoms with Crippen LogP contribution in [-0.4, -0.2) is 48.2 Å². The van der Waals surface area contributed by atoms with Crippen LogP contribution in [0, 0.1) is 161 Å². The Kier molecular flexibility index (Phi) is 20.0. The molecule has 0 atom stereocenters. The Morgan fingerprint density at radius 2 is 0.610 bits per heavy atom. The number of hydrogen-bond donors (Lipinski definition) is 0. The molecule has 38 nitrogen and oxygen atoms in total. The van der Waals surface area contributed by atoms with Gasteiger partial charge in [-0.1, -0.05) is 18.2 Å². The van der Waals surface area contributed by atoms with E-state index in [1.54, 1.807) is 42.5 Å². The predicted molar refractivity (Wildman–Crippen MR) is 396 cm³/mol. The van der Waals surface area contributed by atoms with Gasteiger partial charge in [-0.05, 0) is 93.9 Å². The van der Waals surface area contributed by atoms with Crippen molar-refractivity contribution in [1.82, 2.24) is 29.9 Å². The third-order valence-corrected chi connectivity index (χ3v) is 17.9. The summed E-state index contributed by atoms with van der Waals surface area (Å²) in [5.74, 6) is -1.59. The fourth-order valence-corrected chi connectivity index (χ4v) is 11.8. The van der Waals surface area contributed by atoms with Gasteiger partial charge in [-0.15, -0.1) is 0 Å². The molecule has 6 aromatic carbocycles. The van der Waals surface area contributed by atoms with Gasteiger partial charge in [-0.25, -0.2) is 120 Å². The molecule has 7 aliphatic heterocycles. The van der Waals surface area contributed by atoms with Gasteiger partial charge < -0.3 is 9.31 Å². The summed E-state index contributed by atoms with van der Waals surface area (Å²) in [6.07, 6.45) is 0. The van der Waals surface area contributed by atoms with Crippen molar-refractivity contribution in [3.8, 4) is 112 Å². The largest absolute Gasteiger partial charge is 0.564 e. The lowest BCUT2D eigenvalue weighted by molar-refractivity contribution is 0.00578. The first-order valence-electron chi connectivity index (χ1n) is 32.7. The standard InChI is InChI=1S/C36H6N18.C25H4ClN13.C17H14BN5O2/c1-41-23(13-38)34-46-20-9-6-16(19(12-37)26(20)49-34)31-52-32(17-7-10-21-29(27(17)44-4)50-35(47-21)24(14-39)42-2)54-33(53-31)18-8-11-22-30(28(18)45-5)51-36(48-22)25(15-40)43-3;1-31-23(32-2)24-34-17-6-4-13(15(10-30)19(17)36-24)22-37-21(38-25(26)39-22)12-3-5-16-18(14(12)9-29)35-20(33-16)11(7-27)8-28;1-16(2)17(3,4)25-18(24-16)11-7-8-12-13(10(11)9-19)23-15(22-12)14(20-5)21-6/h6-11H;3-6H;7-8H,1-4H3/b34-23+,35-24-,36-25+;;. The number of hydrogen-bond acceptors (Lipinski definition) is 29. The second-order valence-corrected chi connectivity index (χ2v) is 25.0. The monoisotopic (exact) mass is 1540 g/mol. The Morgan fingerprint density at radius 3 is 0.932 bits per heavy atom. The number of nitrogens with zero attached hydrogens (tertiary/aromatic N) is 36.